The minimum absolute atomic E-state index is 0.0145. The Hall–Kier alpha value is -2.93. The van der Waals surface area contributed by atoms with Gasteiger partial charge >= 0.3 is 5.97 Å². The van der Waals surface area contributed by atoms with Gasteiger partial charge in [0.1, 0.15) is 0 Å². The van der Waals surface area contributed by atoms with E-state index in [9.17, 15) is 9.59 Å². The summed E-state index contributed by atoms with van der Waals surface area (Å²) in [4.78, 5) is 30.8. The molecule has 1 aromatic carbocycles. The van der Waals surface area contributed by atoms with Crippen molar-refractivity contribution in [2.75, 3.05) is 4.90 Å². The van der Waals surface area contributed by atoms with Gasteiger partial charge in [-0.3, -0.25) is 9.69 Å². The zero-order chi connectivity index (χ0) is 18.5. The van der Waals surface area contributed by atoms with E-state index in [1.54, 1.807) is 24.1 Å². The molecule has 0 N–H and O–H groups in total. The monoisotopic (exact) mass is 380 g/mol. The summed E-state index contributed by atoms with van der Waals surface area (Å²) in [5.41, 5.74) is 3.44. The molecule has 2 aromatic rings. The maximum absolute atomic E-state index is 13.2. The lowest BCUT2D eigenvalue weighted by molar-refractivity contribution is -0.152. The van der Waals surface area contributed by atoms with Crippen molar-refractivity contribution in [3.63, 3.8) is 0 Å². The summed E-state index contributed by atoms with van der Waals surface area (Å²) in [7, 11) is 0. The average molecular weight is 380 g/mol. The molecule has 1 saturated heterocycles. The number of carbonyl (C=O) groups is 2. The second-order valence-electron chi connectivity index (χ2n) is 6.77. The van der Waals surface area contributed by atoms with Crippen LogP contribution in [0.25, 0.3) is 0 Å². The molecule has 3 atom stereocenters. The second kappa shape index (κ2) is 6.06. The molecule has 5 rings (SSSR count). The van der Waals surface area contributed by atoms with E-state index in [1.807, 2.05) is 17.5 Å². The SMILES string of the molecule is CC1=CC(O/C=C2/C(=O)N(c3nccs3)C3Cc4ccccc4C23)OC1=O. The van der Waals surface area contributed by atoms with Crippen molar-refractivity contribution in [1.82, 2.24) is 4.98 Å². The molecule has 7 heteroatoms. The molecular formula is C20H16N2O4S. The van der Waals surface area contributed by atoms with Crippen LogP contribution in [0, 0.1) is 0 Å². The number of cyclic esters (lactones) is 1. The molecule has 1 aromatic heterocycles. The number of benzene rings is 1. The summed E-state index contributed by atoms with van der Waals surface area (Å²) < 4.78 is 10.8. The summed E-state index contributed by atoms with van der Waals surface area (Å²) in [6, 6.07) is 8.15. The fraction of sp³-hybridized carbons (Fsp3) is 0.250. The van der Waals surface area contributed by atoms with Gasteiger partial charge in [-0.15, -0.1) is 11.3 Å². The smallest absolute Gasteiger partial charge is 0.336 e. The maximum atomic E-state index is 13.2. The number of hydrogen-bond donors (Lipinski definition) is 0. The molecule has 3 heterocycles. The van der Waals surface area contributed by atoms with Gasteiger partial charge in [-0.2, -0.15) is 0 Å². The number of fused-ring (bicyclic) bond motifs is 3. The molecule has 1 amide bonds. The van der Waals surface area contributed by atoms with Crippen LogP contribution in [0.4, 0.5) is 5.13 Å². The number of thiazole rings is 1. The van der Waals surface area contributed by atoms with E-state index < -0.39 is 12.3 Å². The van der Waals surface area contributed by atoms with Gasteiger partial charge in [0.2, 0.25) is 0 Å². The molecule has 27 heavy (non-hydrogen) atoms. The van der Waals surface area contributed by atoms with Crippen LogP contribution in [-0.2, 0) is 25.5 Å². The van der Waals surface area contributed by atoms with E-state index in [0.717, 1.165) is 12.0 Å². The van der Waals surface area contributed by atoms with Gasteiger partial charge in [-0.25, -0.2) is 9.78 Å². The van der Waals surface area contributed by atoms with Crippen molar-refractivity contribution < 1.29 is 19.1 Å². The highest BCUT2D eigenvalue weighted by Crippen LogP contribution is 2.48. The van der Waals surface area contributed by atoms with E-state index in [-0.39, 0.29) is 17.9 Å². The van der Waals surface area contributed by atoms with E-state index in [4.69, 9.17) is 9.47 Å². The molecule has 0 saturated carbocycles. The average Bonchev–Trinajstić information content (AvgIpc) is 3.40. The van der Waals surface area contributed by atoms with Crippen LogP contribution in [0.1, 0.15) is 24.0 Å². The quantitative estimate of drug-likeness (QED) is 0.465. The largest absolute Gasteiger partial charge is 0.458 e. The molecule has 136 valence electrons. The Morgan fingerprint density at radius 3 is 2.93 bits per heavy atom. The molecule has 1 fully saturated rings. The molecule has 0 radical (unpaired) electrons. The van der Waals surface area contributed by atoms with E-state index in [0.29, 0.717) is 16.3 Å². The van der Waals surface area contributed by atoms with Gasteiger partial charge in [0.15, 0.2) is 5.13 Å². The number of anilines is 1. The maximum Gasteiger partial charge on any atom is 0.336 e. The first-order valence-electron chi connectivity index (χ1n) is 8.69. The lowest BCUT2D eigenvalue weighted by Gasteiger charge is -2.20. The Bertz CT molecular complexity index is 995. The third-order valence-electron chi connectivity index (χ3n) is 5.22. The highest BCUT2D eigenvalue weighted by Gasteiger charge is 2.50. The number of rotatable bonds is 3. The first-order valence-corrected chi connectivity index (χ1v) is 9.57. The number of aromatic nitrogens is 1. The summed E-state index contributed by atoms with van der Waals surface area (Å²) in [6.07, 6.45) is 4.76. The summed E-state index contributed by atoms with van der Waals surface area (Å²) >= 11 is 1.44. The number of esters is 1. The van der Waals surface area contributed by atoms with Gasteiger partial charge in [0, 0.05) is 29.1 Å². The van der Waals surface area contributed by atoms with E-state index in [1.165, 1.54) is 23.2 Å². The van der Waals surface area contributed by atoms with Gasteiger partial charge in [-0.05, 0) is 24.5 Å². The first-order chi connectivity index (χ1) is 13.1. The highest BCUT2D eigenvalue weighted by molar-refractivity contribution is 7.13. The predicted octanol–water partition coefficient (Wildman–Crippen LogP) is 2.93. The van der Waals surface area contributed by atoms with Crippen molar-refractivity contribution in [3.8, 4) is 0 Å². The highest BCUT2D eigenvalue weighted by atomic mass is 32.1. The first kappa shape index (κ1) is 16.3. The van der Waals surface area contributed by atoms with Gasteiger partial charge < -0.3 is 9.47 Å². The number of amides is 1. The topological polar surface area (TPSA) is 68.7 Å². The van der Waals surface area contributed by atoms with Crippen molar-refractivity contribution in [2.45, 2.75) is 31.6 Å². The normalized spacial score (nSPS) is 27.6. The van der Waals surface area contributed by atoms with Crippen molar-refractivity contribution >= 4 is 28.3 Å². The fourth-order valence-corrected chi connectivity index (χ4v) is 4.71. The molecule has 0 bridgehead atoms. The van der Waals surface area contributed by atoms with Crippen molar-refractivity contribution in [2.24, 2.45) is 0 Å². The van der Waals surface area contributed by atoms with E-state index >= 15 is 0 Å². The number of carbonyl (C=O) groups excluding carboxylic acids is 2. The molecule has 2 aliphatic heterocycles. The molecule has 3 unspecified atom stereocenters. The Labute approximate surface area is 159 Å². The zero-order valence-electron chi connectivity index (χ0n) is 14.5. The van der Waals surface area contributed by atoms with Gasteiger partial charge in [-0.1, -0.05) is 24.3 Å². The number of nitrogens with zero attached hydrogens (tertiary/aromatic N) is 2. The lowest BCUT2D eigenvalue weighted by atomic mass is 9.94. The van der Waals surface area contributed by atoms with Crippen molar-refractivity contribution in [3.05, 3.63) is 70.5 Å². The zero-order valence-corrected chi connectivity index (χ0v) is 15.3. The van der Waals surface area contributed by atoms with E-state index in [2.05, 4.69) is 17.1 Å². The van der Waals surface area contributed by atoms with Crippen molar-refractivity contribution in [1.29, 1.82) is 0 Å². The fourth-order valence-electron chi connectivity index (χ4n) is 4.01. The molecule has 1 aliphatic carbocycles. The Kier molecular flexibility index (Phi) is 3.65. The van der Waals surface area contributed by atoms with Crippen LogP contribution < -0.4 is 4.90 Å². The van der Waals surface area contributed by atoms with Crippen LogP contribution in [0.2, 0.25) is 0 Å². The number of ether oxygens (including phenoxy) is 2. The minimum Gasteiger partial charge on any atom is -0.458 e. The molecule has 6 nitrogen and oxygen atoms in total. The van der Waals surface area contributed by atoms with Crippen LogP contribution in [-0.4, -0.2) is 29.2 Å². The number of hydrogen-bond acceptors (Lipinski definition) is 6. The lowest BCUT2D eigenvalue weighted by Crippen LogP contribution is -2.34. The molecule has 0 spiro atoms. The Morgan fingerprint density at radius 2 is 2.19 bits per heavy atom. The van der Waals surface area contributed by atoms with Crippen LogP contribution >= 0.6 is 11.3 Å². The standard InChI is InChI=1S/C20H16N2O4S/c1-11-8-16(26-19(11)24)25-10-14-17-13-5-3-2-4-12(13)9-15(17)22(18(14)23)20-21-6-7-27-20/h2-8,10,15-17H,9H2,1H3/b14-10+. The van der Waals surface area contributed by atoms with Crippen LogP contribution in [0.5, 0.6) is 0 Å². The van der Waals surface area contributed by atoms with Crippen LogP contribution in [0.15, 0.2) is 59.3 Å². The van der Waals surface area contributed by atoms with Gasteiger partial charge in [0.25, 0.3) is 12.2 Å². The Balaban J connectivity index is 1.52. The summed E-state index contributed by atoms with van der Waals surface area (Å²) in [6.45, 7) is 1.67. The third-order valence-corrected chi connectivity index (χ3v) is 5.99. The minimum atomic E-state index is -0.790. The summed E-state index contributed by atoms with van der Waals surface area (Å²) in [5, 5.41) is 2.55. The van der Waals surface area contributed by atoms with Gasteiger partial charge in [0.05, 0.1) is 17.9 Å². The molecular weight excluding hydrogens is 364 g/mol. The molecule has 3 aliphatic rings. The Morgan fingerprint density at radius 1 is 1.33 bits per heavy atom. The third kappa shape index (κ3) is 2.49. The van der Waals surface area contributed by atoms with Crippen LogP contribution in [0.3, 0.4) is 0 Å². The summed E-state index contributed by atoms with van der Waals surface area (Å²) in [5.74, 6) is -0.594. The second-order valence-corrected chi connectivity index (χ2v) is 7.64. The predicted molar refractivity (Wildman–Crippen MR) is 99.1 cm³/mol.